The molecule has 0 aromatic heterocycles. The van der Waals surface area contributed by atoms with Crippen molar-refractivity contribution >= 4 is 27.3 Å². The lowest BCUT2D eigenvalue weighted by Crippen LogP contribution is -2.27. The van der Waals surface area contributed by atoms with Crippen LogP contribution < -0.4 is 14.4 Å². The molecule has 0 aliphatic heterocycles. The van der Waals surface area contributed by atoms with Crippen LogP contribution in [0.25, 0.3) is 0 Å². The van der Waals surface area contributed by atoms with Crippen LogP contribution in [0, 0.1) is 6.92 Å². The van der Waals surface area contributed by atoms with Gasteiger partial charge in [0.1, 0.15) is 5.75 Å². The molecule has 0 saturated heterocycles. The normalized spacial score (nSPS) is 11.3. The number of nitrogens with one attached hydrogen (secondary N) is 1. The Bertz CT molecular complexity index is 1160. The Morgan fingerprint density at radius 1 is 0.968 bits per heavy atom. The largest absolute Gasteiger partial charge is 0.491 e. The van der Waals surface area contributed by atoms with Crippen LogP contribution in [0.15, 0.2) is 77.7 Å². The third-order valence-electron chi connectivity index (χ3n) is 4.68. The number of aryl methyl sites for hydroxylation is 1. The molecular formula is C24H26N2O4S. The maximum atomic E-state index is 12.9. The fourth-order valence-electron chi connectivity index (χ4n) is 3.12. The van der Waals surface area contributed by atoms with Crippen LogP contribution in [-0.2, 0) is 10.0 Å². The molecule has 1 amide bonds. The summed E-state index contributed by atoms with van der Waals surface area (Å²) in [5, 5.41) is 2.84. The van der Waals surface area contributed by atoms with E-state index in [-0.39, 0.29) is 16.9 Å². The van der Waals surface area contributed by atoms with Crippen molar-refractivity contribution in [3.8, 4) is 5.75 Å². The van der Waals surface area contributed by atoms with Crippen molar-refractivity contribution in [3.05, 3.63) is 83.9 Å². The van der Waals surface area contributed by atoms with Gasteiger partial charge in [-0.1, -0.05) is 18.2 Å². The highest BCUT2D eigenvalue weighted by Crippen LogP contribution is 2.26. The number of hydrogen-bond donors (Lipinski definition) is 1. The molecule has 3 aromatic carbocycles. The highest BCUT2D eigenvalue weighted by atomic mass is 32.2. The predicted octanol–water partition coefficient (Wildman–Crippen LogP) is 4.86. The number of carbonyl (C=O) groups is 1. The molecule has 3 aromatic rings. The van der Waals surface area contributed by atoms with E-state index in [1.807, 2.05) is 13.8 Å². The molecule has 0 radical (unpaired) electrons. The van der Waals surface area contributed by atoms with E-state index in [1.165, 1.54) is 11.4 Å². The number of benzene rings is 3. The molecule has 0 bridgehead atoms. The second-order valence-corrected chi connectivity index (χ2v) is 9.40. The Morgan fingerprint density at radius 3 is 2.19 bits per heavy atom. The molecule has 1 N–H and O–H groups in total. The van der Waals surface area contributed by atoms with Crippen molar-refractivity contribution < 1.29 is 17.9 Å². The van der Waals surface area contributed by atoms with Gasteiger partial charge >= 0.3 is 0 Å². The van der Waals surface area contributed by atoms with Crippen LogP contribution in [0.3, 0.4) is 0 Å². The highest BCUT2D eigenvalue weighted by molar-refractivity contribution is 7.92. The summed E-state index contributed by atoms with van der Waals surface area (Å²) in [6.45, 7) is 5.68. The first-order valence-electron chi connectivity index (χ1n) is 9.91. The first-order chi connectivity index (χ1) is 14.7. The van der Waals surface area contributed by atoms with E-state index < -0.39 is 10.0 Å². The van der Waals surface area contributed by atoms with Gasteiger partial charge in [0.15, 0.2) is 0 Å². The van der Waals surface area contributed by atoms with Gasteiger partial charge in [-0.25, -0.2) is 8.42 Å². The molecule has 7 heteroatoms. The third-order valence-corrected chi connectivity index (χ3v) is 6.47. The number of carbonyl (C=O) groups excluding carboxylic acids is 1. The van der Waals surface area contributed by atoms with Crippen LogP contribution in [-0.4, -0.2) is 27.5 Å². The molecule has 0 heterocycles. The van der Waals surface area contributed by atoms with E-state index in [1.54, 1.807) is 79.7 Å². The summed E-state index contributed by atoms with van der Waals surface area (Å²) >= 11 is 0. The van der Waals surface area contributed by atoms with Crippen molar-refractivity contribution in [1.29, 1.82) is 0 Å². The number of amides is 1. The quantitative estimate of drug-likeness (QED) is 0.572. The zero-order valence-electron chi connectivity index (χ0n) is 18.0. The van der Waals surface area contributed by atoms with E-state index in [0.29, 0.717) is 22.5 Å². The molecule has 162 valence electrons. The maximum absolute atomic E-state index is 12.9. The molecule has 0 spiro atoms. The zero-order chi connectivity index (χ0) is 22.6. The number of anilines is 2. The summed E-state index contributed by atoms with van der Waals surface area (Å²) < 4.78 is 32.6. The summed E-state index contributed by atoms with van der Waals surface area (Å²) in [6, 6.07) is 20.3. The lowest BCUT2D eigenvalue weighted by Gasteiger charge is -2.22. The maximum Gasteiger partial charge on any atom is 0.264 e. The molecule has 0 fully saturated rings. The summed E-state index contributed by atoms with van der Waals surface area (Å²) in [4.78, 5) is 12.9. The second kappa shape index (κ2) is 9.22. The Labute approximate surface area is 183 Å². The van der Waals surface area contributed by atoms with Crippen molar-refractivity contribution in [2.45, 2.75) is 31.8 Å². The van der Waals surface area contributed by atoms with Gasteiger partial charge in [0.05, 0.1) is 16.7 Å². The second-order valence-electron chi connectivity index (χ2n) is 7.43. The Kier molecular flexibility index (Phi) is 6.65. The van der Waals surface area contributed by atoms with Crippen LogP contribution in [0.2, 0.25) is 0 Å². The third kappa shape index (κ3) is 5.24. The molecule has 0 aliphatic carbocycles. The van der Waals surface area contributed by atoms with E-state index >= 15 is 0 Å². The number of ether oxygens (including phenoxy) is 1. The minimum atomic E-state index is -3.69. The van der Waals surface area contributed by atoms with Crippen LogP contribution >= 0.6 is 0 Å². The smallest absolute Gasteiger partial charge is 0.264 e. The van der Waals surface area contributed by atoms with Gasteiger partial charge in [-0.2, -0.15) is 0 Å². The SMILES string of the molecule is Cc1cc(C(=O)Nc2ccc(OC(C)C)cc2)ccc1N(C)S(=O)(=O)c1ccccc1. The van der Waals surface area contributed by atoms with Crippen LogP contribution in [0.1, 0.15) is 29.8 Å². The average molecular weight is 439 g/mol. The molecule has 6 nitrogen and oxygen atoms in total. The van der Waals surface area contributed by atoms with Gasteiger partial charge in [-0.3, -0.25) is 9.10 Å². The molecular weight excluding hydrogens is 412 g/mol. The van der Waals surface area contributed by atoms with Gasteiger partial charge in [0.25, 0.3) is 15.9 Å². The molecule has 0 atom stereocenters. The Morgan fingerprint density at radius 2 is 1.61 bits per heavy atom. The average Bonchev–Trinajstić information content (AvgIpc) is 2.74. The standard InChI is InChI=1S/C24H26N2O4S/c1-17(2)30-21-13-11-20(12-14-21)25-24(27)19-10-15-23(18(3)16-19)26(4)31(28,29)22-8-6-5-7-9-22/h5-17H,1-4H3,(H,25,27). The summed E-state index contributed by atoms with van der Waals surface area (Å²) in [6.07, 6.45) is 0.0748. The number of rotatable bonds is 7. The summed E-state index contributed by atoms with van der Waals surface area (Å²) in [7, 11) is -2.18. The Balaban J connectivity index is 1.76. The van der Waals surface area contributed by atoms with Crippen molar-refractivity contribution in [3.63, 3.8) is 0 Å². The number of nitrogens with zero attached hydrogens (tertiary/aromatic N) is 1. The van der Waals surface area contributed by atoms with Crippen molar-refractivity contribution in [1.82, 2.24) is 0 Å². The number of sulfonamides is 1. The van der Waals surface area contributed by atoms with E-state index in [0.717, 1.165) is 5.75 Å². The topological polar surface area (TPSA) is 75.7 Å². The molecule has 0 aliphatic rings. The highest BCUT2D eigenvalue weighted by Gasteiger charge is 2.22. The van der Waals surface area contributed by atoms with Gasteiger partial charge < -0.3 is 10.1 Å². The minimum absolute atomic E-state index is 0.0748. The fraction of sp³-hybridized carbons (Fsp3) is 0.208. The minimum Gasteiger partial charge on any atom is -0.491 e. The molecule has 3 rings (SSSR count). The number of hydrogen-bond acceptors (Lipinski definition) is 4. The monoisotopic (exact) mass is 438 g/mol. The predicted molar refractivity (Wildman–Crippen MR) is 123 cm³/mol. The first-order valence-corrected chi connectivity index (χ1v) is 11.3. The zero-order valence-corrected chi connectivity index (χ0v) is 18.8. The first kappa shape index (κ1) is 22.4. The van der Waals surface area contributed by atoms with Crippen LogP contribution in [0.5, 0.6) is 5.75 Å². The fourth-order valence-corrected chi connectivity index (χ4v) is 4.40. The Hall–Kier alpha value is -3.32. The van der Waals surface area contributed by atoms with Gasteiger partial charge in [-0.05, 0) is 80.9 Å². The van der Waals surface area contributed by atoms with Crippen molar-refractivity contribution in [2.75, 3.05) is 16.7 Å². The van der Waals surface area contributed by atoms with Crippen LogP contribution in [0.4, 0.5) is 11.4 Å². The molecule has 0 saturated carbocycles. The van der Waals surface area contributed by atoms with E-state index in [4.69, 9.17) is 4.74 Å². The summed E-state index contributed by atoms with van der Waals surface area (Å²) in [5.74, 6) is 0.455. The van der Waals surface area contributed by atoms with E-state index in [2.05, 4.69) is 5.32 Å². The summed E-state index contributed by atoms with van der Waals surface area (Å²) in [5.41, 5.74) is 2.27. The van der Waals surface area contributed by atoms with Gasteiger partial charge in [0, 0.05) is 18.3 Å². The molecule has 0 unspecified atom stereocenters. The van der Waals surface area contributed by atoms with E-state index in [9.17, 15) is 13.2 Å². The van der Waals surface area contributed by atoms with Gasteiger partial charge in [-0.15, -0.1) is 0 Å². The lowest BCUT2D eigenvalue weighted by molar-refractivity contribution is 0.102. The lowest BCUT2D eigenvalue weighted by atomic mass is 10.1. The van der Waals surface area contributed by atoms with Gasteiger partial charge in [0.2, 0.25) is 0 Å². The van der Waals surface area contributed by atoms with Crippen molar-refractivity contribution in [2.24, 2.45) is 0 Å². The molecule has 31 heavy (non-hydrogen) atoms.